The summed E-state index contributed by atoms with van der Waals surface area (Å²) in [4.78, 5) is 13.6. The molecule has 1 aliphatic heterocycles. The standard InChI is InChI=1S/C12H22ClNO3/c1-10(2)12(15)17-9-11-8-14(5-3-4-13)6-7-16-11/h10-11H,3-9H2,1-2H3/t11-/m0/s1. The van der Waals surface area contributed by atoms with Gasteiger partial charge in [-0.25, -0.2) is 0 Å². The van der Waals surface area contributed by atoms with Gasteiger partial charge in [0.15, 0.2) is 0 Å². The van der Waals surface area contributed by atoms with Gasteiger partial charge in [-0.1, -0.05) is 13.8 Å². The molecule has 0 radical (unpaired) electrons. The average Bonchev–Trinajstić information content (AvgIpc) is 2.33. The molecule has 0 aromatic rings. The lowest BCUT2D eigenvalue weighted by atomic mass is 10.2. The molecule has 1 rings (SSSR count). The maximum atomic E-state index is 11.3. The quantitative estimate of drug-likeness (QED) is 0.538. The van der Waals surface area contributed by atoms with Gasteiger partial charge in [0.2, 0.25) is 0 Å². The fraction of sp³-hybridized carbons (Fsp3) is 0.917. The smallest absolute Gasteiger partial charge is 0.308 e. The molecule has 0 N–H and O–H groups in total. The largest absolute Gasteiger partial charge is 0.463 e. The third-order valence-corrected chi connectivity index (χ3v) is 2.98. The summed E-state index contributed by atoms with van der Waals surface area (Å²) in [6.45, 7) is 7.46. The number of morpholine rings is 1. The van der Waals surface area contributed by atoms with Crippen molar-refractivity contribution < 1.29 is 14.3 Å². The van der Waals surface area contributed by atoms with E-state index < -0.39 is 0 Å². The Morgan fingerprint density at radius 3 is 3.00 bits per heavy atom. The summed E-state index contributed by atoms with van der Waals surface area (Å²) in [6, 6.07) is 0. The molecule has 0 saturated carbocycles. The molecule has 1 fully saturated rings. The number of carbonyl (C=O) groups excluding carboxylic acids is 1. The van der Waals surface area contributed by atoms with Gasteiger partial charge in [-0.15, -0.1) is 11.6 Å². The highest BCUT2D eigenvalue weighted by molar-refractivity contribution is 6.17. The molecule has 1 atom stereocenters. The van der Waals surface area contributed by atoms with Crippen LogP contribution in [0.3, 0.4) is 0 Å². The van der Waals surface area contributed by atoms with E-state index in [4.69, 9.17) is 21.1 Å². The fourth-order valence-electron chi connectivity index (χ4n) is 1.71. The topological polar surface area (TPSA) is 38.8 Å². The number of alkyl halides is 1. The number of hydrogen-bond donors (Lipinski definition) is 0. The van der Waals surface area contributed by atoms with Crippen LogP contribution in [0.5, 0.6) is 0 Å². The van der Waals surface area contributed by atoms with Crippen LogP contribution in [0, 0.1) is 5.92 Å². The first-order valence-electron chi connectivity index (χ1n) is 6.20. The first kappa shape index (κ1) is 14.7. The van der Waals surface area contributed by atoms with Crippen LogP contribution in [0.15, 0.2) is 0 Å². The average molecular weight is 264 g/mol. The fourth-order valence-corrected chi connectivity index (χ4v) is 1.83. The Kier molecular flexibility index (Phi) is 6.85. The summed E-state index contributed by atoms with van der Waals surface area (Å²) < 4.78 is 10.7. The summed E-state index contributed by atoms with van der Waals surface area (Å²) in [5.74, 6) is 0.446. The Labute approximate surface area is 108 Å². The van der Waals surface area contributed by atoms with Crippen LogP contribution in [0.2, 0.25) is 0 Å². The van der Waals surface area contributed by atoms with Gasteiger partial charge in [-0.3, -0.25) is 9.69 Å². The molecule has 0 aromatic carbocycles. The Hall–Kier alpha value is -0.320. The second kappa shape index (κ2) is 7.90. The van der Waals surface area contributed by atoms with Crippen molar-refractivity contribution in [3.63, 3.8) is 0 Å². The lowest BCUT2D eigenvalue weighted by molar-refractivity contribution is -0.154. The van der Waals surface area contributed by atoms with Gasteiger partial charge in [-0.05, 0) is 13.0 Å². The lowest BCUT2D eigenvalue weighted by Gasteiger charge is -2.32. The Bertz CT molecular complexity index is 236. The second-order valence-electron chi connectivity index (χ2n) is 4.62. The van der Waals surface area contributed by atoms with Crippen molar-refractivity contribution >= 4 is 17.6 Å². The lowest BCUT2D eigenvalue weighted by Crippen LogP contribution is -2.45. The highest BCUT2D eigenvalue weighted by atomic mass is 35.5. The van der Waals surface area contributed by atoms with Crippen LogP contribution in [-0.2, 0) is 14.3 Å². The van der Waals surface area contributed by atoms with Crippen LogP contribution < -0.4 is 0 Å². The van der Waals surface area contributed by atoms with E-state index in [0.717, 1.165) is 26.1 Å². The van der Waals surface area contributed by atoms with Crippen molar-refractivity contribution in [2.24, 2.45) is 5.92 Å². The number of esters is 1. The second-order valence-corrected chi connectivity index (χ2v) is 5.00. The minimum Gasteiger partial charge on any atom is -0.463 e. The van der Waals surface area contributed by atoms with E-state index in [1.54, 1.807) is 0 Å². The molecular formula is C12H22ClNO3. The molecule has 0 amide bonds. The number of halogens is 1. The Balaban J connectivity index is 2.22. The molecule has 100 valence electrons. The van der Waals surface area contributed by atoms with Gasteiger partial charge in [-0.2, -0.15) is 0 Å². The summed E-state index contributed by atoms with van der Waals surface area (Å²) in [5, 5.41) is 0. The van der Waals surface area contributed by atoms with E-state index in [2.05, 4.69) is 4.90 Å². The van der Waals surface area contributed by atoms with E-state index in [1.165, 1.54) is 0 Å². The molecular weight excluding hydrogens is 242 g/mol. The zero-order chi connectivity index (χ0) is 12.7. The number of carbonyl (C=O) groups is 1. The maximum absolute atomic E-state index is 11.3. The van der Waals surface area contributed by atoms with Crippen molar-refractivity contribution in [1.29, 1.82) is 0 Å². The number of ether oxygens (including phenoxy) is 2. The monoisotopic (exact) mass is 263 g/mol. The number of nitrogens with zero attached hydrogens (tertiary/aromatic N) is 1. The zero-order valence-corrected chi connectivity index (χ0v) is 11.4. The highest BCUT2D eigenvalue weighted by Crippen LogP contribution is 2.07. The van der Waals surface area contributed by atoms with E-state index in [9.17, 15) is 4.79 Å². The van der Waals surface area contributed by atoms with Gasteiger partial charge >= 0.3 is 5.97 Å². The normalized spacial score (nSPS) is 21.8. The predicted octanol–water partition coefficient (Wildman–Crippen LogP) is 1.52. The van der Waals surface area contributed by atoms with Crippen LogP contribution in [0.1, 0.15) is 20.3 Å². The van der Waals surface area contributed by atoms with Crippen molar-refractivity contribution in [3.05, 3.63) is 0 Å². The van der Waals surface area contributed by atoms with E-state index in [1.807, 2.05) is 13.8 Å². The SMILES string of the molecule is CC(C)C(=O)OC[C@@H]1CN(CCCCl)CCO1. The van der Waals surface area contributed by atoms with E-state index in [-0.39, 0.29) is 18.0 Å². The number of rotatable bonds is 6. The molecule has 0 unspecified atom stereocenters. The summed E-state index contributed by atoms with van der Waals surface area (Å²) in [6.07, 6.45) is 0.988. The molecule has 0 aromatic heterocycles. The van der Waals surface area contributed by atoms with Crippen LogP contribution in [-0.4, -0.2) is 55.7 Å². The third kappa shape index (κ3) is 5.70. The third-order valence-electron chi connectivity index (χ3n) is 2.71. The van der Waals surface area contributed by atoms with Crippen molar-refractivity contribution in [2.75, 3.05) is 38.7 Å². The van der Waals surface area contributed by atoms with Gasteiger partial charge in [0, 0.05) is 19.0 Å². The number of hydrogen-bond acceptors (Lipinski definition) is 4. The Morgan fingerprint density at radius 1 is 1.59 bits per heavy atom. The summed E-state index contributed by atoms with van der Waals surface area (Å²) in [7, 11) is 0. The molecule has 1 heterocycles. The summed E-state index contributed by atoms with van der Waals surface area (Å²) >= 11 is 5.67. The van der Waals surface area contributed by atoms with Gasteiger partial charge in [0.05, 0.1) is 12.5 Å². The summed E-state index contributed by atoms with van der Waals surface area (Å²) in [5.41, 5.74) is 0. The first-order chi connectivity index (χ1) is 8.13. The van der Waals surface area contributed by atoms with Crippen LogP contribution in [0.4, 0.5) is 0 Å². The predicted molar refractivity (Wildman–Crippen MR) is 67.3 cm³/mol. The molecule has 5 heteroatoms. The molecule has 0 spiro atoms. The van der Waals surface area contributed by atoms with Crippen LogP contribution >= 0.6 is 11.6 Å². The van der Waals surface area contributed by atoms with E-state index in [0.29, 0.717) is 19.1 Å². The minimum absolute atomic E-state index is 0.00164. The molecule has 17 heavy (non-hydrogen) atoms. The van der Waals surface area contributed by atoms with Crippen molar-refractivity contribution in [2.45, 2.75) is 26.4 Å². The van der Waals surface area contributed by atoms with E-state index >= 15 is 0 Å². The molecule has 0 aliphatic carbocycles. The van der Waals surface area contributed by atoms with Crippen molar-refractivity contribution in [1.82, 2.24) is 4.90 Å². The van der Waals surface area contributed by atoms with Gasteiger partial charge in [0.25, 0.3) is 0 Å². The van der Waals surface area contributed by atoms with Crippen LogP contribution in [0.25, 0.3) is 0 Å². The first-order valence-corrected chi connectivity index (χ1v) is 6.73. The Morgan fingerprint density at radius 2 is 2.35 bits per heavy atom. The molecule has 1 saturated heterocycles. The maximum Gasteiger partial charge on any atom is 0.308 e. The molecule has 4 nitrogen and oxygen atoms in total. The van der Waals surface area contributed by atoms with Gasteiger partial charge in [0.1, 0.15) is 12.7 Å². The minimum atomic E-state index is -0.161. The highest BCUT2D eigenvalue weighted by Gasteiger charge is 2.21. The molecule has 0 bridgehead atoms. The zero-order valence-electron chi connectivity index (χ0n) is 10.7. The van der Waals surface area contributed by atoms with Gasteiger partial charge < -0.3 is 9.47 Å². The molecule has 1 aliphatic rings. The van der Waals surface area contributed by atoms with Crippen molar-refractivity contribution in [3.8, 4) is 0 Å².